The van der Waals surface area contributed by atoms with E-state index < -0.39 is 0 Å². The van der Waals surface area contributed by atoms with Crippen molar-refractivity contribution in [3.05, 3.63) is 42.0 Å². The van der Waals surface area contributed by atoms with Crippen LogP contribution in [0.5, 0.6) is 11.5 Å². The highest BCUT2D eigenvalue weighted by molar-refractivity contribution is 7.22. The molecule has 1 fully saturated rings. The predicted octanol–water partition coefficient (Wildman–Crippen LogP) is 3.45. The van der Waals surface area contributed by atoms with Crippen molar-refractivity contribution in [2.24, 2.45) is 5.92 Å². The second-order valence-electron chi connectivity index (χ2n) is 6.92. The molecule has 0 radical (unpaired) electrons. The average Bonchev–Trinajstić information content (AvgIpc) is 3.02. The predicted molar refractivity (Wildman–Crippen MR) is 106 cm³/mol. The summed E-state index contributed by atoms with van der Waals surface area (Å²) >= 11 is 1.68. The third-order valence-corrected chi connectivity index (χ3v) is 5.94. The minimum absolute atomic E-state index is 0.0277. The van der Waals surface area contributed by atoms with Gasteiger partial charge in [-0.05, 0) is 36.8 Å². The maximum absolute atomic E-state index is 12.5. The molecule has 1 N–H and O–H groups in total. The lowest BCUT2D eigenvalue weighted by Gasteiger charge is -2.38. The Hall–Kier alpha value is -2.80. The summed E-state index contributed by atoms with van der Waals surface area (Å²) < 4.78 is 12.3. The minimum Gasteiger partial charge on any atom is -0.486 e. The number of carbonyl (C=O) groups excluding carboxylic acids is 1. The van der Waals surface area contributed by atoms with E-state index in [4.69, 9.17) is 9.47 Å². The van der Waals surface area contributed by atoms with Gasteiger partial charge in [0.1, 0.15) is 13.2 Å². The number of thiazole rings is 1. The van der Waals surface area contributed by atoms with Gasteiger partial charge in [0.25, 0.3) is 0 Å². The lowest BCUT2D eigenvalue weighted by atomic mass is 10.00. The number of rotatable bonds is 3. The topological polar surface area (TPSA) is 63.7 Å². The van der Waals surface area contributed by atoms with Crippen LogP contribution in [0.4, 0.5) is 10.8 Å². The van der Waals surface area contributed by atoms with Gasteiger partial charge in [0.2, 0.25) is 5.91 Å². The highest BCUT2D eigenvalue weighted by Crippen LogP contribution is 2.35. The van der Waals surface area contributed by atoms with E-state index in [1.54, 1.807) is 11.3 Å². The number of amides is 1. The highest BCUT2D eigenvalue weighted by atomic mass is 32.1. The lowest BCUT2D eigenvalue weighted by molar-refractivity contribution is -0.120. The van der Waals surface area contributed by atoms with Gasteiger partial charge < -0.3 is 19.7 Å². The van der Waals surface area contributed by atoms with Gasteiger partial charge in [-0.25, -0.2) is 4.98 Å². The van der Waals surface area contributed by atoms with Crippen molar-refractivity contribution < 1.29 is 14.3 Å². The van der Waals surface area contributed by atoms with E-state index in [-0.39, 0.29) is 11.8 Å². The number of aromatic nitrogens is 1. The van der Waals surface area contributed by atoms with Crippen LogP contribution in [0.25, 0.3) is 10.2 Å². The molecule has 5 rings (SSSR count). The van der Waals surface area contributed by atoms with Gasteiger partial charge in [0, 0.05) is 24.8 Å². The zero-order valence-corrected chi connectivity index (χ0v) is 15.7. The first kappa shape index (κ1) is 16.4. The molecule has 0 atom stereocenters. The molecule has 2 aliphatic rings. The Morgan fingerprint density at radius 2 is 1.96 bits per heavy atom. The van der Waals surface area contributed by atoms with Crippen molar-refractivity contribution in [3.63, 3.8) is 0 Å². The standard InChI is InChI=1S/C20H19N3O3S/c1-12-2-4-15-18(8-12)27-20(22-15)23-10-13(11-23)19(24)21-14-3-5-16-17(9-14)26-7-6-25-16/h2-5,8-9,13H,6-7,10-11H2,1H3,(H,21,24). The van der Waals surface area contributed by atoms with Gasteiger partial charge in [0.05, 0.1) is 16.1 Å². The first-order chi connectivity index (χ1) is 13.2. The van der Waals surface area contributed by atoms with Crippen molar-refractivity contribution in [1.82, 2.24) is 4.98 Å². The van der Waals surface area contributed by atoms with Crippen molar-refractivity contribution >= 4 is 38.3 Å². The third kappa shape index (κ3) is 3.08. The molecule has 0 saturated carbocycles. The molecule has 1 aromatic heterocycles. The summed E-state index contributed by atoms with van der Waals surface area (Å²) in [5, 5.41) is 3.97. The number of nitrogens with one attached hydrogen (secondary N) is 1. The number of anilines is 2. The van der Waals surface area contributed by atoms with Crippen LogP contribution >= 0.6 is 11.3 Å². The molecule has 7 heteroatoms. The van der Waals surface area contributed by atoms with Gasteiger partial charge in [-0.15, -0.1) is 0 Å². The quantitative estimate of drug-likeness (QED) is 0.753. The summed E-state index contributed by atoms with van der Waals surface area (Å²) in [5.41, 5.74) is 2.99. The molecule has 6 nitrogen and oxygen atoms in total. The van der Waals surface area contributed by atoms with Crippen molar-refractivity contribution in [3.8, 4) is 11.5 Å². The number of carbonyl (C=O) groups is 1. The summed E-state index contributed by atoms with van der Waals surface area (Å²) in [6, 6.07) is 11.8. The normalized spacial score (nSPS) is 16.3. The number of aryl methyl sites for hydroxylation is 1. The van der Waals surface area contributed by atoms with Crippen LogP contribution in [-0.2, 0) is 4.79 Å². The largest absolute Gasteiger partial charge is 0.486 e. The van der Waals surface area contributed by atoms with Crippen LogP contribution < -0.4 is 19.7 Å². The molecule has 1 saturated heterocycles. The molecular formula is C20H19N3O3S. The molecule has 0 bridgehead atoms. The van der Waals surface area contributed by atoms with Crippen LogP contribution in [0.2, 0.25) is 0 Å². The van der Waals surface area contributed by atoms with E-state index in [9.17, 15) is 4.79 Å². The monoisotopic (exact) mass is 381 g/mol. The lowest BCUT2D eigenvalue weighted by Crippen LogP contribution is -2.52. The molecule has 3 aromatic rings. The SMILES string of the molecule is Cc1ccc2nc(N3CC(C(=O)Nc4ccc5c(c4)OCCO5)C3)sc2c1. The van der Waals surface area contributed by atoms with Gasteiger partial charge >= 0.3 is 0 Å². The molecule has 0 unspecified atom stereocenters. The maximum Gasteiger partial charge on any atom is 0.231 e. The first-order valence-electron chi connectivity index (χ1n) is 8.98. The second-order valence-corrected chi connectivity index (χ2v) is 7.93. The Bertz CT molecular complexity index is 1030. The fourth-order valence-corrected chi connectivity index (χ4v) is 4.40. The number of fused-ring (bicyclic) bond motifs is 2. The molecule has 1 amide bonds. The maximum atomic E-state index is 12.5. The number of hydrogen-bond donors (Lipinski definition) is 1. The molecule has 2 aliphatic heterocycles. The zero-order chi connectivity index (χ0) is 18.4. The zero-order valence-electron chi connectivity index (χ0n) is 14.9. The van der Waals surface area contributed by atoms with Crippen LogP contribution in [0.3, 0.4) is 0 Å². The second kappa shape index (κ2) is 6.42. The van der Waals surface area contributed by atoms with Gasteiger partial charge in [-0.2, -0.15) is 0 Å². The number of hydrogen-bond acceptors (Lipinski definition) is 6. The van der Waals surface area contributed by atoms with Crippen LogP contribution in [0.1, 0.15) is 5.56 Å². The Labute approximate surface area is 160 Å². The van der Waals surface area contributed by atoms with E-state index in [1.165, 1.54) is 10.3 Å². The molecule has 3 heterocycles. The van der Waals surface area contributed by atoms with Crippen molar-refractivity contribution in [1.29, 1.82) is 0 Å². The van der Waals surface area contributed by atoms with E-state index in [2.05, 4.69) is 40.3 Å². The average molecular weight is 381 g/mol. The molecule has 138 valence electrons. The molecule has 27 heavy (non-hydrogen) atoms. The molecule has 0 spiro atoms. The Morgan fingerprint density at radius 1 is 1.15 bits per heavy atom. The fraction of sp³-hybridized carbons (Fsp3) is 0.300. The van der Waals surface area contributed by atoms with E-state index in [0.29, 0.717) is 32.1 Å². The van der Waals surface area contributed by atoms with E-state index >= 15 is 0 Å². The summed E-state index contributed by atoms with van der Waals surface area (Å²) in [6.07, 6.45) is 0. The van der Waals surface area contributed by atoms with E-state index in [1.807, 2.05) is 18.2 Å². The summed E-state index contributed by atoms with van der Waals surface area (Å²) in [4.78, 5) is 19.4. The number of benzene rings is 2. The van der Waals surface area contributed by atoms with Gasteiger partial charge in [0.15, 0.2) is 16.6 Å². The summed E-state index contributed by atoms with van der Waals surface area (Å²) in [5.74, 6) is 1.39. The van der Waals surface area contributed by atoms with Crippen LogP contribution in [-0.4, -0.2) is 37.2 Å². The third-order valence-electron chi connectivity index (χ3n) is 4.87. The van der Waals surface area contributed by atoms with Crippen molar-refractivity contribution in [2.45, 2.75) is 6.92 Å². The molecular weight excluding hydrogens is 362 g/mol. The Kier molecular flexibility index (Phi) is 3.89. The smallest absolute Gasteiger partial charge is 0.231 e. The molecule has 2 aromatic carbocycles. The van der Waals surface area contributed by atoms with Crippen molar-refractivity contribution in [2.75, 3.05) is 36.5 Å². The summed E-state index contributed by atoms with van der Waals surface area (Å²) in [6.45, 7) is 4.55. The highest BCUT2D eigenvalue weighted by Gasteiger charge is 2.34. The van der Waals surface area contributed by atoms with Gasteiger partial charge in [-0.1, -0.05) is 17.4 Å². The van der Waals surface area contributed by atoms with E-state index in [0.717, 1.165) is 22.1 Å². The van der Waals surface area contributed by atoms with Crippen LogP contribution in [0, 0.1) is 12.8 Å². The summed E-state index contributed by atoms with van der Waals surface area (Å²) in [7, 11) is 0. The number of nitrogens with zero attached hydrogens (tertiary/aromatic N) is 2. The fourth-order valence-electron chi connectivity index (χ4n) is 3.32. The first-order valence-corrected chi connectivity index (χ1v) is 9.80. The molecule has 0 aliphatic carbocycles. The Balaban J connectivity index is 1.23. The van der Waals surface area contributed by atoms with Crippen LogP contribution in [0.15, 0.2) is 36.4 Å². The number of ether oxygens (including phenoxy) is 2. The Morgan fingerprint density at radius 3 is 2.81 bits per heavy atom. The van der Waals surface area contributed by atoms with Gasteiger partial charge in [-0.3, -0.25) is 4.79 Å². The minimum atomic E-state index is -0.0352.